The standard InChI is InChI=1S/C14H14N2O4S/c1-8(17)12-11(13(18)19)15-14(21-12)16(9-4-5-9)7-10-3-2-6-20-10/h2-3,6,9H,4-5,7H2,1H3,(H,18,19). The molecule has 1 aliphatic carbocycles. The van der Waals surface area contributed by atoms with Crippen molar-refractivity contribution >= 4 is 28.2 Å². The van der Waals surface area contributed by atoms with Gasteiger partial charge >= 0.3 is 5.97 Å². The number of hydrogen-bond acceptors (Lipinski definition) is 6. The monoisotopic (exact) mass is 306 g/mol. The van der Waals surface area contributed by atoms with Gasteiger partial charge in [-0.25, -0.2) is 9.78 Å². The lowest BCUT2D eigenvalue weighted by atomic mass is 10.3. The molecule has 7 heteroatoms. The molecule has 0 aliphatic heterocycles. The zero-order chi connectivity index (χ0) is 15.0. The maximum Gasteiger partial charge on any atom is 0.356 e. The van der Waals surface area contributed by atoms with Gasteiger partial charge in [0.25, 0.3) is 0 Å². The van der Waals surface area contributed by atoms with Crippen LogP contribution in [0.25, 0.3) is 0 Å². The first-order chi connectivity index (χ1) is 10.1. The second kappa shape index (κ2) is 5.33. The van der Waals surface area contributed by atoms with Crippen LogP contribution in [0, 0.1) is 0 Å². The molecule has 1 fully saturated rings. The van der Waals surface area contributed by atoms with E-state index in [0.29, 0.717) is 17.7 Å². The van der Waals surface area contributed by atoms with Gasteiger partial charge in [0.05, 0.1) is 12.8 Å². The molecule has 2 heterocycles. The number of rotatable bonds is 6. The molecule has 1 saturated carbocycles. The molecule has 0 aromatic carbocycles. The highest BCUT2D eigenvalue weighted by molar-refractivity contribution is 7.17. The van der Waals surface area contributed by atoms with Gasteiger partial charge in [0.1, 0.15) is 10.6 Å². The maximum absolute atomic E-state index is 11.6. The van der Waals surface area contributed by atoms with Crippen LogP contribution in [-0.4, -0.2) is 27.9 Å². The van der Waals surface area contributed by atoms with E-state index in [2.05, 4.69) is 4.98 Å². The lowest BCUT2D eigenvalue weighted by Gasteiger charge is -2.19. The number of hydrogen-bond donors (Lipinski definition) is 1. The fourth-order valence-electron chi connectivity index (χ4n) is 2.12. The topological polar surface area (TPSA) is 83.6 Å². The molecule has 21 heavy (non-hydrogen) atoms. The zero-order valence-electron chi connectivity index (χ0n) is 11.4. The van der Waals surface area contributed by atoms with Gasteiger partial charge in [-0.15, -0.1) is 0 Å². The fourth-order valence-corrected chi connectivity index (χ4v) is 3.15. The maximum atomic E-state index is 11.6. The van der Waals surface area contributed by atoms with Gasteiger partial charge in [0.15, 0.2) is 16.6 Å². The van der Waals surface area contributed by atoms with E-state index in [4.69, 9.17) is 4.42 Å². The Labute approximate surface area is 125 Å². The molecule has 0 atom stereocenters. The highest BCUT2D eigenvalue weighted by Crippen LogP contribution is 2.36. The number of aromatic carboxylic acids is 1. The summed E-state index contributed by atoms with van der Waals surface area (Å²) >= 11 is 1.14. The Bertz CT molecular complexity index is 642. The molecule has 110 valence electrons. The third kappa shape index (κ3) is 2.82. The Kier molecular flexibility index (Phi) is 3.50. The zero-order valence-corrected chi connectivity index (χ0v) is 12.2. The van der Waals surface area contributed by atoms with Gasteiger partial charge in [0.2, 0.25) is 0 Å². The molecule has 6 nitrogen and oxygen atoms in total. The highest BCUT2D eigenvalue weighted by atomic mass is 32.1. The van der Waals surface area contributed by atoms with Crippen molar-refractivity contribution in [3.63, 3.8) is 0 Å². The fraction of sp³-hybridized carbons (Fsp3) is 0.357. The van der Waals surface area contributed by atoms with Crippen molar-refractivity contribution in [1.82, 2.24) is 4.98 Å². The number of ketones is 1. The number of thiazole rings is 1. The Morgan fingerprint density at radius 1 is 1.52 bits per heavy atom. The van der Waals surface area contributed by atoms with Gasteiger partial charge in [-0.3, -0.25) is 4.79 Å². The summed E-state index contributed by atoms with van der Waals surface area (Å²) in [6.07, 6.45) is 3.68. The quantitative estimate of drug-likeness (QED) is 0.826. The molecule has 0 saturated heterocycles. The van der Waals surface area contributed by atoms with E-state index in [-0.39, 0.29) is 16.4 Å². The van der Waals surface area contributed by atoms with Crippen LogP contribution < -0.4 is 4.90 Å². The summed E-state index contributed by atoms with van der Waals surface area (Å²) in [5, 5.41) is 9.74. The summed E-state index contributed by atoms with van der Waals surface area (Å²) < 4.78 is 5.35. The van der Waals surface area contributed by atoms with E-state index in [1.165, 1.54) is 6.92 Å². The Balaban J connectivity index is 1.94. The van der Waals surface area contributed by atoms with Gasteiger partial charge in [-0.05, 0) is 25.0 Å². The number of anilines is 1. The van der Waals surface area contributed by atoms with Crippen LogP contribution in [-0.2, 0) is 6.54 Å². The molecule has 1 aliphatic rings. The second-order valence-electron chi connectivity index (χ2n) is 4.97. The SMILES string of the molecule is CC(=O)c1sc(N(Cc2ccco2)C2CC2)nc1C(=O)O. The first kappa shape index (κ1) is 13.8. The van der Waals surface area contributed by atoms with Crippen molar-refractivity contribution in [3.8, 4) is 0 Å². The molecule has 0 spiro atoms. The molecule has 0 bridgehead atoms. The number of Topliss-reactive ketones (excluding diaryl/α,β-unsaturated/α-hetero) is 1. The average Bonchev–Trinajstić information content (AvgIpc) is 2.97. The van der Waals surface area contributed by atoms with Crippen molar-refractivity contribution in [1.29, 1.82) is 0 Å². The number of carboxylic acids is 1. The molecular formula is C14H14N2O4S. The van der Waals surface area contributed by atoms with E-state index < -0.39 is 5.97 Å². The summed E-state index contributed by atoms with van der Waals surface area (Å²) in [5.41, 5.74) is -0.160. The van der Waals surface area contributed by atoms with Crippen molar-refractivity contribution in [2.24, 2.45) is 0 Å². The lowest BCUT2D eigenvalue weighted by Crippen LogP contribution is -2.24. The smallest absolute Gasteiger partial charge is 0.356 e. The first-order valence-corrected chi connectivity index (χ1v) is 7.42. The molecule has 1 N–H and O–H groups in total. The predicted molar refractivity (Wildman–Crippen MR) is 77.0 cm³/mol. The van der Waals surface area contributed by atoms with Crippen LogP contribution in [0.15, 0.2) is 22.8 Å². The Morgan fingerprint density at radius 2 is 2.29 bits per heavy atom. The minimum atomic E-state index is -1.17. The van der Waals surface area contributed by atoms with Gasteiger partial charge in [-0.2, -0.15) is 0 Å². The van der Waals surface area contributed by atoms with Crippen molar-refractivity contribution in [2.75, 3.05) is 4.90 Å². The van der Waals surface area contributed by atoms with Crippen molar-refractivity contribution in [2.45, 2.75) is 32.4 Å². The lowest BCUT2D eigenvalue weighted by molar-refractivity contribution is 0.0687. The van der Waals surface area contributed by atoms with Crippen LogP contribution in [0.5, 0.6) is 0 Å². The summed E-state index contributed by atoms with van der Waals surface area (Å²) in [6, 6.07) is 4.02. The van der Waals surface area contributed by atoms with E-state index in [9.17, 15) is 14.7 Å². The Hall–Kier alpha value is -2.15. The summed E-state index contributed by atoms with van der Waals surface area (Å²) in [5.74, 6) is -0.653. The van der Waals surface area contributed by atoms with E-state index >= 15 is 0 Å². The summed E-state index contributed by atoms with van der Waals surface area (Å²) in [4.78, 5) is 29.2. The normalized spacial score (nSPS) is 14.1. The third-order valence-electron chi connectivity index (χ3n) is 3.28. The second-order valence-corrected chi connectivity index (χ2v) is 5.95. The average molecular weight is 306 g/mol. The van der Waals surface area contributed by atoms with Crippen molar-refractivity contribution < 1.29 is 19.1 Å². The molecule has 2 aromatic rings. The van der Waals surface area contributed by atoms with Gasteiger partial charge in [-0.1, -0.05) is 11.3 Å². The van der Waals surface area contributed by atoms with E-state index in [1.54, 1.807) is 6.26 Å². The minimum absolute atomic E-state index is 0.160. The Morgan fingerprint density at radius 3 is 2.76 bits per heavy atom. The third-order valence-corrected chi connectivity index (χ3v) is 4.47. The summed E-state index contributed by atoms with van der Waals surface area (Å²) in [6.45, 7) is 1.89. The van der Waals surface area contributed by atoms with Gasteiger partial charge in [0, 0.05) is 13.0 Å². The number of aromatic nitrogens is 1. The van der Waals surface area contributed by atoms with Gasteiger partial charge < -0.3 is 14.4 Å². The molecular weight excluding hydrogens is 292 g/mol. The van der Waals surface area contributed by atoms with Crippen LogP contribution in [0.1, 0.15) is 45.7 Å². The van der Waals surface area contributed by atoms with Crippen LogP contribution >= 0.6 is 11.3 Å². The van der Waals surface area contributed by atoms with Crippen LogP contribution in [0.4, 0.5) is 5.13 Å². The number of carbonyl (C=O) groups excluding carboxylic acids is 1. The molecule has 0 radical (unpaired) electrons. The molecule has 0 unspecified atom stereocenters. The van der Waals surface area contributed by atoms with Crippen LogP contribution in [0.2, 0.25) is 0 Å². The predicted octanol–water partition coefficient (Wildman–Crippen LogP) is 2.81. The highest BCUT2D eigenvalue weighted by Gasteiger charge is 2.33. The summed E-state index contributed by atoms with van der Waals surface area (Å²) in [7, 11) is 0. The molecule has 0 amide bonds. The molecule has 3 rings (SSSR count). The molecule has 2 aromatic heterocycles. The number of carboxylic acid groups (broad SMARTS) is 1. The first-order valence-electron chi connectivity index (χ1n) is 6.60. The minimum Gasteiger partial charge on any atom is -0.476 e. The largest absolute Gasteiger partial charge is 0.476 e. The van der Waals surface area contributed by atoms with Crippen molar-refractivity contribution in [3.05, 3.63) is 34.7 Å². The number of carbonyl (C=O) groups is 2. The number of furan rings is 1. The van der Waals surface area contributed by atoms with E-state index in [0.717, 1.165) is 29.9 Å². The number of nitrogens with zero attached hydrogens (tertiary/aromatic N) is 2. The van der Waals surface area contributed by atoms with Crippen LogP contribution in [0.3, 0.4) is 0 Å². The van der Waals surface area contributed by atoms with E-state index in [1.807, 2.05) is 17.0 Å².